The van der Waals surface area contributed by atoms with Gasteiger partial charge in [-0.3, -0.25) is 14.5 Å². The first kappa shape index (κ1) is 15.5. The van der Waals surface area contributed by atoms with Crippen LogP contribution in [0, 0.1) is 5.92 Å². The van der Waals surface area contributed by atoms with Gasteiger partial charge in [-0.05, 0) is 46.1 Å². The van der Waals surface area contributed by atoms with Crippen molar-refractivity contribution in [2.75, 3.05) is 20.1 Å². The van der Waals surface area contributed by atoms with Crippen molar-refractivity contribution in [1.29, 1.82) is 0 Å². The number of hydrogen-bond donors (Lipinski definition) is 0. The molecule has 0 N–H and O–H groups in total. The molecule has 114 valence electrons. The molecule has 1 saturated heterocycles. The molecule has 20 heavy (non-hydrogen) atoms. The molecule has 0 radical (unpaired) electrons. The molecule has 2 unspecified atom stereocenters. The zero-order valence-electron chi connectivity index (χ0n) is 13.1. The highest BCUT2D eigenvalue weighted by Crippen LogP contribution is 2.32. The molecule has 2 fully saturated rings. The van der Waals surface area contributed by atoms with Crippen molar-refractivity contribution in [3.05, 3.63) is 0 Å². The maximum absolute atomic E-state index is 12.2. The van der Waals surface area contributed by atoms with E-state index < -0.39 is 0 Å². The van der Waals surface area contributed by atoms with Crippen LogP contribution < -0.4 is 0 Å². The fourth-order valence-corrected chi connectivity index (χ4v) is 3.49. The quantitative estimate of drug-likeness (QED) is 0.791. The summed E-state index contributed by atoms with van der Waals surface area (Å²) in [6, 6.07) is 0.548. The monoisotopic (exact) mass is 280 g/mol. The number of ketones is 1. The molecule has 1 heterocycles. The normalized spacial score (nSPS) is 28.1. The third-order valence-electron chi connectivity index (χ3n) is 4.99. The summed E-state index contributed by atoms with van der Waals surface area (Å²) in [5.41, 5.74) is 0. The minimum absolute atomic E-state index is 0.176. The number of carbonyl (C=O) groups excluding carboxylic acids is 2. The third-order valence-corrected chi connectivity index (χ3v) is 4.99. The summed E-state index contributed by atoms with van der Waals surface area (Å²) in [5, 5.41) is 0. The highest BCUT2D eigenvalue weighted by atomic mass is 16.2. The maximum atomic E-state index is 12.2. The number of Topliss-reactive ketones (excluding diaryl/α,β-unsaturated/α-hetero) is 1. The second-order valence-corrected chi connectivity index (χ2v) is 6.60. The molecule has 0 aromatic heterocycles. The van der Waals surface area contributed by atoms with Gasteiger partial charge < -0.3 is 4.90 Å². The lowest BCUT2D eigenvalue weighted by Crippen LogP contribution is -2.46. The number of hydrogen-bond acceptors (Lipinski definition) is 3. The van der Waals surface area contributed by atoms with E-state index in [1.807, 2.05) is 20.9 Å². The predicted molar refractivity (Wildman–Crippen MR) is 79.5 cm³/mol. The van der Waals surface area contributed by atoms with Crippen LogP contribution in [0.1, 0.15) is 52.4 Å². The molecule has 2 rings (SSSR count). The molecule has 2 aliphatic rings. The van der Waals surface area contributed by atoms with Gasteiger partial charge in [-0.2, -0.15) is 0 Å². The van der Waals surface area contributed by atoms with Crippen LogP contribution >= 0.6 is 0 Å². The molecule has 1 aliphatic heterocycles. The Hall–Kier alpha value is -0.900. The SMILES string of the molecule is CC(C)N(C)C(=O)CN1CCCC1C1CCCCC1=O. The number of amides is 1. The Kier molecular flexibility index (Phi) is 5.19. The minimum Gasteiger partial charge on any atom is -0.342 e. The Bertz CT molecular complexity index is 367. The van der Waals surface area contributed by atoms with Gasteiger partial charge in [0.2, 0.25) is 5.91 Å². The Morgan fingerprint density at radius 3 is 2.70 bits per heavy atom. The van der Waals surface area contributed by atoms with Crippen LogP contribution in [0.25, 0.3) is 0 Å². The van der Waals surface area contributed by atoms with Crippen LogP contribution in [0.4, 0.5) is 0 Å². The summed E-state index contributed by atoms with van der Waals surface area (Å²) in [4.78, 5) is 28.4. The van der Waals surface area contributed by atoms with Gasteiger partial charge in [-0.25, -0.2) is 0 Å². The van der Waals surface area contributed by atoms with Crippen LogP contribution in [0.3, 0.4) is 0 Å². The van der Waals surface area contributed by atoms with Gasteiger partial charge in [-0.1, -0.05) is 6.42 Å². The Morgan fingerprint density at radius 2 is 2.05 bits per heavy atom. The fourth-order valence-electron chi connectivity index (χ4n) is 3.49. The second-order valence-electron chi connectivity index (χ2n) is 6.60. The van der Waals surface area contributed by atoms with Gasteiger partial charge in [0.25, 0.3) is 0 Å². The van der Waals surface area contributed by atoms with Crippen molar-refractivity contribution < 1.29 is 9.59 Å². The first-order chi connectivity index (χ1) is 9.50. The number of rotatable bonds is 4. The first-order valence-electron chi connectivity index (χ1n) is 8.03. The van der Waals surface area contributed by atoms with Crippen LogP contribution in [0.5, 0.6) is 0 Å². The lowest BCUT2D eigenvalue weighted by atomic mass is 9.82. The predicted octanol–water partition coefficient (Wildman–Crippen LogP) is 2.08. The largest absolute Gasteiger partial charge is 0.342 e. The van der Waals surface area contributed by atoms with E-state index in [1.165, 1.54) is 6.42 Å². The molecule has 1 aliphatic carbocycles. The Morgan fingerprint density at radius 1 is 1.30 bits per heavy atom. The molecule has 0 aromatic carbocycles. The molecule has 4 heteroatoms. The molecular weight excluding hydrogens is 252 g/mol. The van der Waals surface area contributed by atoms with E-state index in [0.717, 1.165) is 38.6 Å². The lowest BCUT2D eigenvalue weighted by molar-refractivity contribution is -0.134. The van der Waals surface area contributed by atoms with E-state index in [1.54, 1.807) is 4.90 Å². The Balaban J connectivity index is 1.96. The number of likely N-dealkylation sites (N-methyl/N-ethyl adjacent to an activating group) is 1. The topological polar surface area (TPSA) is 40.6 Å². The van der Waals surface area contributed by atoms with Crippen molar-refractivity contribution in [1.82, 2.24) is 9.80 Å². The summed E-state index contributed by atoms with van der Waals surface area (Å²) in [5.74, 6) is 0.788. The molecule has 0 spiro atoms. The molecule has 4 nitrogen and oxygen atoms in total. The number of nitrogens with zero attached hydrogens (tertiary/aromatic N) is 2. The van der Waals surface area contributed by atoms with Crippen molar-refractivity contribution in [2.24, 2.45) is 5.92 Å². The molecule has 2 atom stereocenters. The Labute approximate surface area is 122 Å². The van der Waals surface area contributed by atoms with Gasteiger partial charge >= 0.3 is 0 Å². The van der Waals surface area contributed by atoms with E-state index in [9.17, 15) is 9.59 Å². The highest BCUT2D eigenvalue weighted by molar-refractivity contribution is 5.82. The zero-order chi connectivity index (χ0) is 14.7. The smallest absolute Gasteiger partial charge is 0.236 e. The summed E-state index contributed by atoms with van der Waals surface area (Å²) in [6.07, 6.45) is 6.18. The summed E-state index contributed by atoms with van der Waals surface area (Å²) in [7, 11) is 1.86. The average molecular weight is 280 g/mol. The van der Waals surface area contributed by atoms with Gasteiger partial charge in [0.1, 0.15) is 5.78 Å². The molecule has 0 aromatic rings. The molecule has 1 amide bonds. The van der Waals surface area contributed by atoms with Crippen molar-refractivity contribution >= 4 is 11.7 Å². The van der Waals surface area contributed by atoms with Crippen LogP contribution in [-0.4, -0.2) is 53.7 Å². The third kappa shape index (κ3) is 3.40. The standard InChI is InChI=1S/C16H28N2O2/c1-12(2)17(3)16(20)11-18-10-6-8-14(18)13-7-4-5-9-15(13)19/h12-14H,4-11H2,1-3H3. The van der Waals surface area contributed by atoms with E-state index >= 15 is 0 Å². The van der Waals surface area contributed by atoms with Crippen molar-refractivity contribution in [3.63, 3.8) is 0 Å². The second kappa shape index (κ2) is 6.70. The van der Waals surface area contributed by atoms with E-state index in [0.29, 0.717) is 18.4 Å². The minimum atomic E-state index is 0.176. The molecule has 0 bridgehead atoms. The van der Waals surface area contributed by atoms with Crippen LogP contribution in [0.15, 0.2) is 0 Å². The van der Waals surface area contributed by atoms with Crippen LogP contribution in [-0.2, 0) is 9.59 Å². The fraction of sp³-hybridized carbons (Fsp3) is 0.875. The summed E-state index contributed by atoms with van der Waals surface area (Å²) >= 11 is 0. The number of likely N-dealkylation sites (tertiary alicyclic amines) is 1. The lowest BCUT2D eigenvalue weighted by Gasteiger charge is -2.34. The first-order valence-corrected chi connectivity index (χ1v) is 8.03. The van der Waals surface area contributed by atoms with Gasteiger partial charge in [0, 0.05) is 31.5 Å². The van der Waals surface area contributed by atoms with E-state index in [4.69, 9.17) is 0 Å². The highest BCUT2D eigenvalue weighted by Gasteiger charge is 2.37. The summed E-state index contributed by atoms with van der Waals surface area (Å²) < 4.78 is 0. The van der Waals surface area contributed by atoms with E-state index in [-0.39, 0.29) is 17.9 Å². The van der Waals surface area contributed by atoms with Crippen molar-refractivity contribution in [2.45, 2.75) is 64.5 Å². The van der Waals surface area contributed by atoms with Gasteiger partial charge in [-0.15, -0.1) is 0 Å². The zero-order valence-corrected chi connectivity index (χ0v) is 13.1. The van der Waals surface area contributed by atoms with Crippen molar-refractivity contribution in [3.8, 4) is 0 Å². The maximum Gasteiger partial charge on any atom is 0.236 e. The molecule has 1 saturated carbocycles. The van der Waals surface area contributed by atoms with Gasteiger partial charge in [0.15, 0.2) is 0 Å². The van der Waals surface area contributed by atoms with Crippen LogP contribution in [0.2, 0.25) is 0 Å². The van der Waals surface area contributed by atoms with Gasteiger partial charge in [0.05, 0.1) is 6.54 Å². The van der Waals surface area contributed by atoms with E-state index in [2.05, 4.69) is 4.90 Å². The average Bonchev–Trinajstić information content (AvgIpc) is 2.86. The summed E-state index contributed by atoms with van der Waals surface area (Å²) in [6.45, 7) is 5.50. The number of carbonyl (C=O) groups is 2. The molecular formula is C16H28N2O2.